The molecule has 1 atom stereocenters. The highest BCUT2D eigenvalue weighted by atomic mass is 32.2. The van der Waals surface area contributed by atoms with E-state index in [4.69, 9.17) is 10.5 Å². The van der Waals surface area contributed by atoms with Crippen molar-refractivity contribution in [1.82, 2.24) is 0 Å². The fourth-order valence-corrected chi connectivity index (χ4v) is 3.39. The van der Waals surface area contributed by atoms with E-state index in [-0.39, 0.29) is 0 Å². The summed E-state index contributed by atoms with van der Waals surface area (Å²) in [6.07, 6.45) is 0. The van der Waals surface area contributed by atoms with E-state index in [1.165, 1.54) is 0 Å². The third-order valence-corrected chi connectivity index (χ3v) is 4.71. The van der Waals surface area contributed by atoms with Crippen molar-refractivity contribution in [3.63, 3.8) is 0 Å². The molecule has 0 saturated heterocycles. The van der Waals surface area contributed by atoms with Gasteiger partial charge in [-0.2, -0.15) is 0 Å². The number of hydrogen-bond donors (Lipinski definition) is 1. The third-order valence-electron chi connectivity index (χ3n) is 3.59. The molecule has 0 unspecified atom stereocenters. The summed E-state index contributed by atoms with van der Waals surface area (Å²) in [7, 11) is 0. The van der Waals surface area contributed by atoms with Gasteiger partial charge < -0.3 is 10.5 Å². The topological polar surface area (TPSA) is 64.7 Å². The zero-order chi connectivity index (χ0) is 16.4. The molecule has 0 amide bonds. The molecule has 2 aromatic rings. The quantitative estimate of drug-likeness (QED) is 0.531. The Morgan fingerprint density at radius 3 is 2.61 bits per heavy atom. The summed E-state index contributed by atoms with van der Waals surface area (Å²) >= 11 is 1.78. The van der Waals surface area contributed by atoms with Crippen molar-refractivity contribution in [2.45, 2.75) is 19.1 Å². The van der Waals surface area contributed by atoms with E-state index >= 15 is 0 Å². The van der Waals surface area contributed by atoms with Crippen LogP contribution >= 0.6 is 11.8 Å². The summed E-state index contributed by atoms with van der Waals surface area (Å²) in [5.74, 6) is 0.142. The molecule has 3 rings (SSSR count). The fraction of sp³-hybridized carbons (Fsp3) is 0.222. The number of nitrogen functional groups attached to an aromatic ring is 1. The Morgan fingerprint density at radius 1 is 1.26 bits per heavy atom. The molecule has 0 radical (unpaired) electrons. The van der Waals surface area contributed by atoms with Gasteiger partial charge in [-0.15, -0.1) is 11.8 Å². The lowest BCUT2D eigenvalue weighted by atomic mass is 10.1. The molecule has 5 heteroatoms. The zero-order valence-corrected chi connectivity index (χ0v) is 13.9. The van der Waals surface area contributed by atoms with Crippen molar-refractivity contribution in [3.8, 4) is 5.75 Å². The molecule has 2 N–H and O–H groups in total. The number of aliphatic imine (C=N–C) groups is 1. The Bertz CT molecular complexity index is 769. The monoisotopic (exact) mass is 326 g/mol. The molecule has 1 heterocycles. The van der Waals surface area contributed by atoms with Crippen LogP contribution in [0.15, 0.2) is 47.5 Å². The molecular weight excluding hydrogens is 308 g/mol. The summed E-state index contributed by atoms with van der Waals surface area (Å²) in [5, 5.41) is 1.58. The van der Waals surface area contributed by atoms with Crippen LogP contribution in [0.4, 0.5) is 5.69 Å². The van der Waals surface area contributed by atoms with Gasteiger partial charge >= 0.3 is 5.97 Å². The maximum absolute atomic E-state index is 12.1. The lowest BCUT2D eigenvalue weighted by Crippen LogP contribution is -2.09. The van der Waals surface area contributed by atoms with Crippen molar-refractivity contribution >= 4 is 28.5 Å². The molecule has 118 valence electrons. The first-order chi connectivity index (χ1) is 11.0. The van der Waals surface area contributed by atoms with E-state index in [1.807, 2.05) is 25.1 Å². The highest BCUT2D eigenvalue weighted by Gasteiger charge is 2.18. The van der Waals surface area contributed by atoms with Gasteiger partial charge in [0.1, 0.15) is 5.75 Å². The first-order valence-electron chi connectivity index (χ1n) is 7.43. The standard InChI is InChI=1S/C18H18N2O2S/c1-11-9-15(7-8-16(11)17-20-10-12(2)23-17)22-18(21)13-3-5-14(19)6-4-13/h3-9,12H,10,19H2,1-2H3/t12-/m0/s1. The Hall–Kier alpha value is -2.27. The molecule has 0 bridgehead atoms. The Kier molecular flexibility index (Phi) is 4.39. The second kappa shape index (κ2) is 6.46. The Labute approximate surface area is 139 Å². The van der Waals surface area contributed by atoms with Crippen molar-refractivity contribution in [3.05, 3.63) is 59.2 Å². The molecule has 23 heavy (non-hydrogen) atoms. The smallest absolute Gasteiger partial charge is 0.343 e. The van der Waals surface area contributed by atoms with Gasteiger partial charge in [0, 0.05) is 16.5 Å². The number of carbonyl (C=O) groups excluding carboxylic acids is 1. The fourth-order valence-electron chi connectivity index (χ4n) is 2.35. The molecule has 0 fully saturated rings. The number of hydrogen-bond acceptors (Lipinski definition) is 5. The second-order valence-corrected chi connectivity index (χ2v) is 6.99. The average molecular weight is 326 g/mol. The van der Waals surface area contributed by atoms with Crippen molar-refractivity contribution in [1.29, 1.82) is 0 Å². The predicted octanol–water partition coefficient (Wildman–Crippen LogP) is 3.68. The summed E-state index contributed by atoms with van der Waals surface area (Å²) in [6.45, 7) is 5.02. The van der Waals surface area contributed by atoms with E-state index in [0.717, 1.165) is 22.7 Å². The minimum atomic E-state index is -0.390. The molecule has 0 spiro atoms. The molecule has 0 saturated carbocycles. The number of rotatable bonds is 3. The molecule has 0 aromatic heterocycles. The first kappa shape index (κ1) is 15.6. The van der Waals surface area contributed by atoms with E-state index in [9.17, 15) is 4.79 Å². The number of nitrogens with two attached hydrogens (primary N) is 1. The summed E-state index contributed by atoms with van der Waals surface area (Å²) < 4.78 is 5.43. The number of aryl methyl sites for hydroxylation is 1. The lowest BCUT2D eigenvalue weighted by molar-refractivity contribution is 0.0735. The third kappa shape index (κ3) is 3.56. The van der Waals surface area contributed by atoms with Crippen LogP contribution < -0.4 is 10.5 Å². The van der Waals surface area contributed by atoms with Crippen molar-refractivity contribution in [2.24, 2.45) is 4.99 Å². The number of ether oxygens (including phenoxy) is 1. The maximum Gasteiger partial charge on any atom is 0.343 e. The van der Waals surface area contributed by atoms with Crippen LogP contribution in [0.3, 0.4) is 0 Å². The molecule has 4 nitrogen and oxygen atoms in total. The van der Waals surface area contributed by atoms with Crippen LogP contribution in [0.5, 0.6) is 5.75 Å². The van der Waals surface area contributed by atoms with Gasteiger partial charge in [0.15, 0.2) is 0 Å². The van der Waals surface area contributed by atoms with Crippen LogP contribution in [-0.4, -0.2) is 22.8 Å². The number of carbonyl (C=O) groups is 1. The minimum Gasteiger partial charge on any atom is -0.423 e. The van der Waals surface area contributed by atoms with Crippen LogP contribution in [0.25, 0.3) is 0 Å². The van der Waals surface area contributed by atoms with Gasteiger partial charge in [-0.05, 0) is 55.0 Å². The van der Waals surface area contributed by atoms with Crippen LogP contribution in [0.2, 0.25) is 0 Å². The summed E-state index contributed by atoms with van der Waals surface area (Å²) in [4.78, 5) is 16.7. The van der Waals surface area contributed by atoms with E-state index in [0.29, 0.717) is 22.3 Å². The first-order valence-corrected chi connectivity index (χ1v) is 8.31. The second-order valence-electron chi connectivity index (χ2n) is 5.56. The Morgan fingerprint density at radius 2 is 2.00 bits per heavy atom. The predicted molar refractivity (Wildman–Crippen MR) is 95.4 cm³/mol. The highest BCUT2D eigenvalue weighted by molar-refractivity contribution is 8.15. The van der Waals surface area contributed by atoms with Gasteiger partial charge in [0.25, 0.3) is 0 Å². The van der Waals surface area contributed by atoms with E-state index in [2.05, 4.69) is 11.9 Å². The number of nitrogens with zero attached hydrogens (tertiary/aromatic N) is 1. The van der Waals surface area contributed by atoms with E-state index < -0.39 is 5.97 Å². The molecule has 0 aliphatic carbocycles. The normalized spacial score (nSPS) is 17.0. The Balaban J connectivity index is 1.75. The number of thioether (sulfide) groups is 1. The summed E-state index contributed by atoms with van der Waals surface area (Å²) in [5.41, 5.74) is 8.87. The molecule has 1 aliphatic heterocycles. The average Bonchev–Trinajstić information content (AvgIpc) is 2.94. The van der Waals surface area contributed by atoms with Gasteiger partial charge in [0.05, 0.1) is 17.2 Å². The highest BCUT2D eigenvalue weighted by Crippen LogP contribution is 2.28. The van der Waals surface area contributed by atoms with Crippen molar-refractivity contribution in [2.75, 3.05) is 12.3 Å². The van der Waals surface area contributed by atoms with E-state index in [1.54, 1.807) is 36.0 Å². The van der Waals surface area contributed by atoms with Crippen LogP contribution in [0, 0.1) is 6.92 Å². The van der Waals surface area contributed by atoms with Gasteiger partial charge in [0.2, 0.25) is 0 Å². The number of esters is 1. The number of benzene rings is 2. The molecule has 2 aromatic carbocycles. The van der Waals surface area contributed by atoms with Gasteiger partial charge in [-0.3, -0.25) is 4.99 Å². The zero-order valence-electron chi connectivity index (χ0n) is 13.1. The maximum atomic E-state index is 12.1. The van der Waals surface area contributed by atoms with Crippen LogP contribution in [-0.2, 0) is 0 Å². The molecule has 1 aliphatic rings. The van der Waals surface area contributed by atoms with Gasteiger partial charge in [-0.1, -0.05) is 6.92 Å². The van der Waals surface area contributed by atoms with Gasteiger partial charge in [-0.25, -0.2) is 4.79 Å². The number of anilines is 1. The van der Waals surface area contributed by atoms with Crippen molar-refractivity contribution < 1.29 is 9.53 Å². The molecular formula is C18H18N2O2S. The lowest BCUT2D eigenvalue weighted by Gasteiger charge is -2.09. The SMILES string of the molecule is Cc1cc(OC(=O)c2ccc(N)cc2)ccc1C1=NC[C@H](C)S1. The largest absolute Gasteiger partial charge is 0.423 e. The van der Waals surface area contributed by atoms with Crippen LogP contribution in [0.1, 0.15) is 28.4 Å². The summed E-state index contributed by atoms with van der Waals surface area (Å²) in [6, 6.07) is 12.3. The minimum absolute atomic E-state index is 0.390.